The second-order valence-corrected chi connectivity index (χ2v) is 5.00. The van der Waals surface area contributed by atoms with Gasteiger partial charge in [0.1, 0.15) is 0 Å². The van der Waals surface area contributed by atoms with Gasteiger partial charge in [0.2, 0.25) is 0 Å². The van der Waals surface area contributed by atoms with Crippen LogP contribution in [-0.4, -0.2) is 48.8 Å². The molecule has 1 fully saturated rings. The first-order chi connectivity index (χ1) is 7.77. The third-order valence-corrected chi connectivity index (χ3v) is 3.74. The topological polar surface area (TPSA) is 35.5 Å². The summed E-state index contributed by atoms with van der Waals surface area (Å²) in [7, 11) is 2.23. The fourth-order valence-electron chi connectivity index (χ4n) is 2.61. The Kier molecular flexibility index (Phi) is 7.01. The lowest BCUT2D eigenvalue weighted by molar-refractivity contribution is 0.168. The Morgan fingerprint density at radius 2 is 2.00 bits per heavy atom. The molecular weight excluding hydrogens is 200 g/mol. The van der Waals surface area contributed by atoms with Crippen molar-refractivity contribution in [3.05, 3.63) is 0 Å². The second kappa shape index (κ2) is 8.04. The maximum absolute atomic E-state index is 9.20. The Morgan fingerprint density at radius 1 is 1.31 bits per heavy atom. The summed E-state index contributed by atoms with van der Waals surface area (Å²) in [5.41, 5.74) is 0. The summed E-state index contributed by atoms with van der Waals surface area (Å²) in [5.74, 6) is 0. The van der Waals surface area contributed by atoms with Crippen LogP contribution in [0.1, 0.15) is 45.4 Å². The van der Waals surface area contributed by atoms with E-state index in [1.54, 1.807) is 0 Å². The zero-order valence-electron chi connectivity index (χ0n) is 10.9. The normalized spacial score (nSPS) is 20.2. The molecular formula is C13H28N2O. The smallest absolute Gasteiger partial charge is 0.0585 e. The highest BCUT2D eigenvalue weighted by atomic mass is 16.3. The van der Waals surface area contributed by atoms with Crippen molar-refractivity contribution in [2.24, 2.45) is 0 Å². The van der Waals surface area contributed by atoms with Crippen LogP contribution in [0.5, 0.6) is 0 Å². The molecule has 2 N–H and O–H groups in total. The molecule has 0 aliphatic heterocycles. The molecule has 0 heterocycles. The first-order valence-corrected chi connectivity index (χ1v) is 6.82. The van der Waals surface area contributed by atoms with Gasteiger partial charge in [-0.15, -0.1) is 0 Å². The van der Waals surface area contributed by atoms with E-state index in [0.717, 1.165) is 25.6 Å². The fraction of sp³-hybridized carbons (Fsp3) is 1.00. The summed E-state index contributed by atoms with van der Waals surface area (Å²) < 4.78 is 0. The van der Waals surface area contributed by atoms with Crippen molar-refractivity contribution in [1.29, 1.82) is 0 Å². The molecule has 3 heteroatoms. The van der Waals surface area contributed by atoms with Crippen molar-refractivity contribution in [1.82, 2.24) is 10.2 Å². The van der Waals surface area contributed by atoms with Gasteiger partial charge in [0.25, 0.3) is 0 Å². The highest BCUT2D eigenvalue weighted by Crippen LogP contribution is 2.21. The van der Waals surface area contributed by atoms with Gasteiger partial charge in [-0.05, 0) is 39.4 Å². The molecule has 1 aliphatic rings. The van der Waals surface area contributed by atoms with Gasteiger partial charge in [-0.2, -0.15) is 0 Å². The van der Waals surface area contributed by atoms with E-state index < -0.39 is 0 Å². The lowest BCUT2D eigenvalue weighted by Crippen LogP contribution is -2.39. The summed E-state index contributed by atoms with van der Waals surface area (Å²) in [6.07, 6.45) is 7.98. The van der Waals surface area contributed by atoms with Gasteiger partial charge in [-0.1, -0.05) is 26.2 Å². The molecule has 0 bridgehead atoms. The Hall–Kier alpha value is -0.120. The van der Waals surface area contributed by atoms with E-state index >= 15 is 0 Å². The molecule has 0 amide bonds. The van der Waals surface area contributed by atoms with Gasteiger partial charge < -0.3 is 15.3 Å². The van der Waals surface area contributed by atoms with Crippen molar-refractivity contribution in [3.63, 3.8) is 0 Å². The van der Waals surface area contributed by atoms with Gasteiger partial charge in [0, 0.05) is 12.1 Å². The van der Waals surface area contributed by atoms with E-state index in [0.29, 0.717) is 0 Å². The molecule has 0 aromatic rings. The van der Waals surface area contributed by atoms with Crippen molar-refractivity contribution >= 4 is 0 Å². The summed E-state index contributed by atoms with van der Waals surface area (Å²) in [6.45, 7) is 4.39. The number of aliphatic hydroxyl groups is 1. The average Bonchev–Trinajstić information content (AvgIpc) is 2.35. The molecule has 1 unspecified atom stereocenters. The van der Waals surface area contributed by atoms with Crippen LogP contribution in [0.15, 0.2) is 0 Å². The fourth-order valence-corrected chi connectivity index (χ4v) is 2.61. The van der Waals surface area contributed by atoms with Crippen LogP contribution in [0.25, 0.3) is 0 Å². The lowest BCUT2D eigenvalue weighted by Gasteiger charge is -2.32. The summed E-state index contributed by atoms with van der Waals surface area (Å²) >= 11 is 0. The van der Waals surface area contributed by atoms with E-state index in [1.165, 1.54) is 32.1 Å². The summed E-state index contributed by atoms with van der Waals surface area (Å²) in [4.78, 5) is 2.49. The third kappa shape index (κ3) is 4.81. The second-order valence-electron chi connectivity index (χ2n) is 5.00. The van der Waals surface area contributed by atoms with Gasteiger partial charge >= 0.3 is 0 Å². The minimum atomic E-state index is 0.256. The maximum Gasteiger partial charge on any atom is 0.0585 e. The quantitative estimate of drug-likeness (QED) is 0.695. The molecule has 0 aromatic carbocycles. The van der Waals surface area contributed by atoms with Crippen LogP contribution in [0.4, 0.5) is 0 Å². The number of nitrogens with zero attached hydrogens (tertiary/aromatic N) is 1. The van der Waals surface area contributed by atoms with Gasteiger partial charge in [-0.3, -0.25) is 0 Å². The zero-order chi connectivity index (χ0) is 11.8. The van der Waals surface area contributed by atoms with Crippen molar-refractivity contribution in [2.45, 2.75) is 57.5 Å². The highest BCUT2D eigenvalue weighted by Gasteiger charge is 2.18. The first kappa shape index (κ1) is 13.9. The van der Waals surface area contributed by atoms with Crippen molar-refractivity contribution in [2.75, 3.05) is 26.7 Å². The molecule has 96 valence electrons. The number of hydrogen-bond donors (Lipinski definition) is 2. The number of rotatable bonds is 7. The minimum absolute atomic E-state index is 0.256. The van der Waals surface area contributed by atoms with Crippen LogP contribution in [0.2, 0.25) is 0 Å². The number of likely N-dealkylation sites (N-methyl/N-ethyl adjacent to an activating group) is 1. The van der Waals surface area contributed by atoms with Crippen LogP contribution in [0.3, 0.4) is 0 Å². The van der Waals surface area contributed by atoms with Gasteiger partial charge in [-0.25, -0.2) is 0 Å². The maximum atomic E-state index is 9.20. The molecule has 0 radical (unpaired) electrons. The largest absolute Gasteiger partial charge is 0.395 e. The predicted molar refractivity (Wildman–Crippen MR) is 68.7 cm³/mol. The van der Waals surface area contributed by atoms with Gasteiger partial charge in [0.15, 0.2) is 0 Å². The summed E-state index contributed by atoms with van der Waals surface area (Å²) in [5, 5.41) is 12.5. The molecule has 16 heavy (non-hydrogen) atoms. The highest BCUT2D eigenvalue weighted by molar-refractivity contribution is 4.75. The molecule has 1 saturated carbocycles. The van der Waals surface area contributed by atoms with Crippen molar-refractivity contribution in [3.8, 4) is 0 Å². The zero-order valence-corrected chi connectivity index (χ0v) is 10.9. The standard InChI is InChI=1S/C13H28N2O/c1-3-14-12(11-16)9-10-15(2)13-7-5-4-6-8-13/h12-14,16H,3-11H2,1-2H3. The number of hydrogen-bond acceptors (Lipinski definition) is 3. The van der Waals surface area contributed by atoms with Crippen LogP contribution < -0.4 is 5.32 Å². The number of nitrogens with one attached hydrogen (secondary N) is 1. The molecule has 1 atom stereocenters. The van der Waals surface area contributed by atoms with Crippen molar-refractivity contribution < 1.29 is 5.11 Å². The molecule has 1 rings (SSSR count). The average molecular weight is 228 g/mol. The predicted octanol–water partition coefficient (Wildman–Crippen LogP) is 1.61. The van der Waals surface area contributed by atoms with Crippen LogP contribution >= 0.6 is 0 Å². The molecule has 0 aromatic heterocycles. The Morgan fingerprint density at radius 3 is 2.56 bits per heavy atom. The summed E-state index contributed by atoms with van der Waals surface area (Å²) in [6, 6.07) is 1.06. The van der Waals surface area contributed by atoms with Crippen LogP contribution in [-0.2, 0) is 0 Å². The first-order valence-electron chi connectivity index (χ1n) is 6.82. The Labute approximate surface area is 100 Å². The minimum Gasteiger partial charge on any atom is -0.395 e. The molecule has 1 aliphatic carbocycles. The molecule has 0 saturated heterocycles. The van der Waals surface area contributed by atoms with E-state index in [-0.39, 0.29) is 12.6 Å². The molecule has 0 spiro atoms. The van der Waals surface area contributed by atoms with E-state index in [9.17, 15) is 5.11 Å². The monoisotopic (exact) mass is 228 g/mol. The Balaban J connectivity index is 2.19. The SMILES string of the molecule is CCNC(CO)CCN(C)C1CCCCC1. The van der Waals surface area contributed by atoms with Gasteiger partial charge in [0.05, 0.1) is 6.61 Å². The van der Waals surface area contributed by atoms with E-state index in [2.05, 4.69) is 24.2 Å². The third-order valence-electron chi connectivity index (χ3n) is 3.74. The lowest BCUT2D eigenvalue weighted by atomic mass is 9.94. The van der Waals surface area contributed by atoms with E-state index in [4.69, 9.17) is 0 Å². The van der Waals surface area contributed by atoms with Crippen LogP contribution in [0, 0.1) is 0 Å². The number of aliphatic hydroxyl groups excluding tert-OH is 1. The molecule has 3 nitrogen and oxygen atoms in total. The van der Waals surface area contributed by atoms with E-state index in [1.807, 2.05) is 0 Å². The Bertz CT molecular complexity index is 169.